The van der Waals surface area contributed by atoms with E-state index in [2.05, 4.69) is 15.5 Å². The van der Waals surface area contributed by atoms with Gasteiger partial charge < -0.3 is 15.4 Å². The molecule has 0 aliphatic carbocycles. The van der Waals surface area contributed by atoms with Crippen LogP contribution in [0.1, 0.15) is 27.7 Å². The Morgan fingerprint density at radius 3 is 2.04 bits per heavy atom. The molecule has 0 bridgehead atoms. The third-order valence-corrected chi connectivity index (χ3v) is 3.85. The second-order valence-corrected chi connectivity index (χ2v) is 6.13. The number of hydrogen-bond donors (Lipinski definition) is 2. The van der Waals surface area contributed by atoms with Crippen LogP contribution in [0.15, 0.2) is 24.3 Å². The zero-order valence-electron chi connectivity index (χ0n) is 14.1. The fourth-order valence-corrected chi connectivity index (χ4v) is 2.79. The van der Waals surface area contributed by atoms with Crippen LogP contribution in [0.2, 0.25) is 0 Å². The largest absolute Gasteiger partial charge is 0.373 e. The zero-order valence-corrected chi connectivity index (χ0v) is 14.1. The number of amides is 2. The van der Waals surface area contributed by atoms with Gasteiger partial charge in [-0.15, -0.1) is 0 Å². The van der Waals surface area contributed by atoms with Gasteiger partial charge in [-0.3, -0.25) is 14.5 Å². The first kappa shape index (κ1) is 17.4. The predicted molar refractivity (Wildman–Crippen MR) is 90.4 cm³/mol. The Morgan fingerprint density at radius 1 is 1.09 bits per heavy atom. The van der Waals surface area contributed by atoms with Crippen molar-refractivity contribution in [3.05, 3.63) is 24.3 Å². The Hall–Kier alpha value is -1.92. The molecule has 1 aliphatic heterocycles. The lowest BCUT2D eigenvalue weighted by Crippen LogP contribution is -2.52. The molecular formula is C17H25N3O3. The lowest BCUT2D eigenvalue weighted by molar-refractivity contribution is -0.126. The first-order valence-corrected chi connectivity index (χ1v) is 7.93. The number of ether oxygens (including phenoxy) is 1. The van der Waals surface area contributed by atoms with Gasteiger partial charge in [0.2, 0.25) is 11.8 Å². The zero-order chi connectivity index (χ0) is 17.0. The van der Waals surface area contributed by atoms with E-state index in [0.29, 0.717) is 11.4 Å². The minimum atomic E-state index is -0.223. The van der Waals surface area contributed by atoms with Crippen molar-refractivity contribution in [2.75, 3.05) is 23.7 Å². The van der Waals surface area contributed by atoms with E-state index in [4.69, 9.17) is 4.74 Å². The second kappa shape index (κ2) is 7.57. The van der Waals surface area contributed by atoms with Gasteiger partial charge in [0.05, 0.1) is 18.2 Å². The number of rotatable bonds is 4. The van der Waals surface area contributed by atoms with E-state index in [-0.39, 0.29) is 30.1 Å². The molecule has 23 heavy (non-hydrogen) atoms. The van der Waals surface area contributed by atoms with Crippen LogP contribution in [0.3, 0.4) is 0 Å². The summed E-state index contributed by atoms with van der Waals surface area (Å²) in [6, 6.07) is 6.86. The van der Waals surface area contributed by atoms with Gasteiger partial charge in [0.15, 0.2) is 0 Å². The van der Waals surface area contributed by atoms with Crippen LogP contribution in [0, 0.1) is 0 Å². The summed E-state index contributed by atoms with van der Waals surface area (Å²) in [6.45, 7) is 8.91. The van der Waals surface area contributed by atoms with Crippen LogP contribution in [0.4, 0.5) is 11.4 Å². The van der Waals surface area contributed by atoms with Gasteiger partial charge in [-0.25, -0.2) is 0 Å². The number of hydrogen-bond acceptors (Lipinski definition) is 4. The van der Waals surface area contributed by atoms with Crippen LogP contribution in [0.5, 0.6) is 0 Å². The molecule has 1 saturated heterocycles. The Morgan fingerprint density at radius 2 is 1.57 bits per heavy atom. The summed E-state index contributed by atoms with van der Waals surface area (Å²) in [6.07, 6.45) is 0.261. The maximum absolute atomic E-state index is 12.4. The van der Waals surface area contributed by atoms with Gasteiger partial charge in [-0.2, -0.15) is 0 Å². The predicted octanol–water partition coefficient (Wildman–Crippen LogP) is 2.08. The van der Waals surface area contributed by atoms with Crippen molar-refractivity contribution < 1.29 is 14.3 Å². The molecule has 1 aromatic rings. The van der Waals surface area contributed by atoms with E-state index in [1.54, 1.807) is 24.3 Å². The number of carbonyl (C=O) groups excluding carboxylic acids is 2. The maximum atomic E-state index is 12.4. The fraction of sp³-hybridized carbons (Fsp3) is 0.529. The topological polar surface area (TPSA) is 70.7 Å². The van der Waals surface area contributed by atoms with E-state index < -0.39 is 0 Å². The quantitative estimate of drug-likeness (QED) is 0.891. The molecule has 6 heteroatoms. The molecule has 1 aromatic carbocycles. The summed E-state index contributed by atoms with van der Waals surface area (Å²) < 4.78 is 5.70. The van der Waals surface area contributed by atoms with Gasteiger partial charge in [-0.05, 0) is 45.0 Å². The molecule has 2 N–H and O–H groups in total. The van der Waals surface area contributed by atoms with E-state index in [1.807, 2.05) is 20.8 Å². The second-order valence-electron chi connectivity index (χ2n) is 6.13. The summed E-state index contributed by atoms with van der Waals surface area (Å²) in [4.78, 5) is 25.6. The van der Waals surface area contributed by atoms with Gasteiger partial charge in [0, 0.05) is 31.4 Å². The first-order valence-electron chi connectivity index (χ1n) is 7.93. The van der Waals surface area contributed by atoms with Gasteiger partial charge >= 0.3 is 0 Å². The highest BCUT2D eigenvalue weighted by molar-refractivity contribution is 5.95. The van der Waals surface area contributed by atoms with Crippen molar-refractivity contribution >= 4 is 23.2 Å². The summed E-state index contributed by atoms with van der Waals surface area (Å²) >= 11 is 0. The van der Waals surface area contributed by atoms with Crippen molar-refractivity contribution in [3.63, 3.8) is 0 Å². The summed E-state index contributed by atoms with van der Waals surface area (Å²) in [5, 5.41) is 5.61. The average Bonchev–Trinajstić information content (AvgIpc) is 2.47. The Labute approximate surface area is 137 Å². The normalized spacial score (nSPS) is 23.1. The summed E-state index contributed by atoms with van der Waals surface area (Å²) in [7, 11) is 0. The van der Waals surface area contributed by atoms with E-state index >= 15 is 0 Å². The number of anilines is 2. The highest BCUT2D eigenvalue weighted by Crippen LogP contribution is 2.17. The van der Waals surface area contributed by atoms with Crippen LogP contribution in [0.25, 0.3) is 0 Å². The Bertz CT molecular complexity index is 549. The van der Waals surface area contributed by atoms with E-state index in [0.717, 1.165) is 13.1 Å². The molecule has 2 amide bonds. The molecule has 3 atom stereocenters. The van der Waals surface area contributed by atoms with Crippen molar-refractivity contribution in [2.45, 2.75) is 45.9 Å². The summed E-state index contributed by atoms with van der Waals surface area (Å²) in [5.74, 6) is -0.162. The highest BCUT2D eigenvalue weighted by Gasteiger charge is 2.29. The Kier molecular flexibility index (Phi) is 5.74. The number of morpholine rings is 1. The van der Waals surface area contributed by atoms with Crippen LogP contribution >= 0.6 is 0 Å². The molecule has 126 valence electrons. The standard InChI is InChI=1S/C17H25N3O3/c1-11-9-20(10-12(2)23-11)13(3)17(22)19-16-7-5-15(6-8-16)18-14(4)21/h5-8,11-13H,9-10H2,1-4H3,(H,18,21)(H,19,22)/t11-,12-,13-/m0/s1. The van der Waals surface area contributed by atoms with E-state index in [9.17, 15) is 9.59 Å². The number of nitrogens with one attached hydrogen (secondary N) is 2. The van der Waals surface area contributed by atoms with Crippen molar-refractivity contribution in [1.29, 1.82) is 0 Å². The summed E-state index contributed by atoms with van der Waals surface area (Å²) in [5.41, 5.74) is 1.42. The molecule has 0 unspecified atom stereocenters. The molecule has 2 rings (SSSR count). The molecule has 0 radical (unpaired) electrons. The monoisotopic (exact) mass is 319 g/mol. The average molecular weight is 319 g/mol. The molecule has 1 aliphatic rings. The molecule has 1 heterocycles. The third kappa shape index (κ3) is 5.04. The fourth-order valence-electron chi connectivity index (χ4n) is 2.79. The molecule has 1 fully saturated rings. The number of benzene rings is 1. The lowest BCUT2D eigenvalue weighted by Gasteiger charge is -2.38. The van der Waals surface area contributed by atoms with Crippen LogP contribution < -0.4 is 10.6 Å². The number of nitrogens with zero attached hydrogens (tertiary/aromatic N) is 1. The highest BCUT2D eigenvalue weighted by atomic mass is 16.5. The van der Waals surface area contributed by atoms with Gasteiger partial charge in [0.1, 0.15) is 0 Å². The number of carbonyl (C=O) groups is 2. The molecular weight excluding hydrogens is 294 g/mol. The Balaban J connectivity index is 1.94. The molecule has 0 spiro atoms. The first-order chi connectivity index (χ1) is 10.8. The molecule has 0 aromatic heterocycles. The van der Waals surface area contributed by atoms with Crippen molar-refractivity contribution in [2.24, 2.45) is 0 Å². The third-order valence-electron chi connectivity index (χ3n) is 3.85. The minimum absolute atomic E-state index is 0.0430. The SMILES string of the molecule is CC(=O)Nc1ccc(NC(=O)[C@H](C)N2C[C@H](C)O[C@@H](C)C2)cc1. The van der Waals surface area contributed by atoms with Crippen LogP contribution in [-0.4, -0.2) is 48.1 Å². The van der Waals surface area contributed by atoms with E-state index in [1.165, 1.54) is 6.92 Å². The minimum Gasteiger partial charge on any atom is -0.373 e. The molecule has 0 saturated carbocycles. The van der Waals surface area contributed by atoms with Gasteiger partial charge in [0.25, 0.3) is 0 Å². The van der Waals surface area contributed by atoms with Crippen molar-refractivity contribution in [1.82, 2.24) is 4.90 Å². The lowest BCUT2D eigenvalue weighted by atomic mass is 10.1. The molecule has 6 nitrogen and oxygen atoms in total. The smallest absolute Gasteiger partial charge is 0.241 e. The van der Waals surface area contributed by atoms with Crippen LogP contribution in [-0.2, 0) is 14.3 Å². The van der Waals surface area contributed by atoms with Crippen molar-refractivity contribution in [3.8, 4) is 0 Å². The maximum Gasteiger partial charge on any atom is 0.241 e. The van der Waals surface area contributed by atoms with Gasteiger partial charge in [-0.1, -0.05) is 0 Å².